The summed E-state index contributed by atoms with van der Waals surface area (Å²) in [5.74, 6) is 0.236. The normalized spacial score (nSPS) is 14.2. The Balaban J connectivity index is 2.05. The van der Waals surface area contributed by atoms with Gasteiger partial charge in [-0.25, -0.2) is 4.39 Å². The molecule has 0 radical (unpaired) electrons. The van der Waals surface area contributed by atoms with Gasteiger partial charge in [0, 0.05) is 10.6 Å². The van der Waals surface area contributed by atoms with E-state index in [2.05, 4.69) is 0 Å². The second-order valence-corrected chi connectivity index (χ2v) is 5.43. The van der Waals surface area contributed by atoms with Gasteiger partial charge in [0.25, 0.3) is 0 Å². The molecule has 0 amide bonds. The number of halogens is 1. The highest BCUT2D eigenvalue weighted by atomic mass is 32.2. The first-order valence-corrected chi connectivity index (χ1v) is 6.73. The number of thioether (sulfide) groups is 1. The van der Waals surface area contributed by atoms with Gasteiger partial charge >= 0.3 is 0 Å². The van der Waals surface area contributed by atoms with E-state index in [-0.39, 0.29) is 5.82 Å². The van der Waals surface area contributed by atoms with E-state index in [1.165, 1.54) is 23.9 Å². The van der Waals surface area contributed by atoms with Crippen LogP contribution in [0.1, 0.15) is 12.5 Å². The van der Waals surface area contributed by atoms with Crippen molar-refractivity contribution in [3.05, 3.63) is 66.0 Å². The van der Waals surface area contributed by atoms with Crippen LogP contribution in [-0.2, 0) is 5.60 Å². The molecule has 18 heavy (non-hydrogen) atoms. The fourth-order valence-corrected chi connectivity index (χ4v) is 2.65. The van der Waals surface area contributed by atoms with Crippen molar-refractivity contribution < 1.29 is 9.50 Å². The Kier molecular flexibility index (Phi) is 4.04. The minimum atomic E-state index is -0.918. The summed E-state index contributed by atoms with van der Waals surface area (Å²) in [6, 6.07) is 15.9. The zero-order chi connectivity index (χ0) is 13.0. The van der Waals surface area contributed by atoms with Gasteiger partial charge in [-0.05, 0) is 30.7 Å². The molecule has 2 aromatic rings. The Morgan fingerprint density at radius 3 is 2.50 bits per heavy atom. The van der Waals surface area contributed by atoms with Crippen LogP contribution in [0.2, 0.25) is 0 Å². The molecule has 0 fully saturated rings. The minimum absolute atomic E-state index is 0.251. The average Bonchev–Trinajstić information content (AvgIpc) is 2.38. The molecule has 94 valence electrons. The molecule has 1 N–H and O–H groups in total. The predicted molar refractivity (Wildman–Crippen MR) is 73.1 cm³/mol. The highest BCUT2D eigenvalue weighted by Gasteiger charge is 2.22. The van der Waals surface area contributed by atoms with Gasteiger partial charge in [-0.15, -0.1) is 11.8 Å². The van der Waals surface area contributed by atoms with Crippen molar-refractivity contribution in [2.75, 3.05) is 5.75 Å². The molecule has 0 saturated heterocycles. The number of hydrogen-bond acceptors (Lipinski definition) is 2. The van der Waals surface area contributed by atoms with Crippen molar-refractivity contribution in [3.63, 3.8) is 0 Å². The highest BCUT2D eigenvalue weighted by Crippen LogP contribution is 2.29. The topological polar surface area (TPSA) is 20.2 Å². The standard InChI is InChI=1S/C15H15FOS/c1-15(17,12-6-3-2-4-7-12)11-18-14-9-5-8-13(16)10-14/h2-10,17H,11H2,1H3. The van der Waals surface area contributed by atoms with Gasteiger partial charge in [-0.2, -0.15) is 0 Å². The predicted octanol–water partition coefficient (Wildman–Crippen LogP) is 3.83. The Morgan fingerprint density at radius 1 is 1.11 bits per heavy atom. The quantitative estimate of drug-likeness (QED) is 0.845. The fourth-order valence-electron chi connectivity index (χ4n) is 1.66. The summed E-state index contributed by atoms with van der Waals surface area (Å²) in [7, 11) is 0. The summed E-state index contributed by atoms with van der Waals surface area (Å²) >= 11 is 1.45. The van der Waals surface area contributed by atoms with Gasteiger partial charge in [-0.1, -0.05) is 36.4 Å². The third kappa shape index (κ3) is 3.34. The van der Waals surface area contributed by atoms with Crippen LogP contribution < -0.4 is 0 Å². The summed E-state index contributed by atoms with van der Waals surface area (Å²) < 4.78 is 13.0. The van der Waals surface area contributed by atoms with Gasteiger partial charge < -0.3 is 5.11 Å². The van der Waals surface area contributed by atoms with E-state index in [1.807, 2.05) is 36.4 Å². The molecule has 0 aliphatic carbocycles. The van der Waals surface area contributed by atoms with Gasteiger partial charge in [0.1, 0.15) is 5.82 Å². The van der Waals surface area contributed by atoms with Gasteiger partial charge in [-0.3, -0.25) is 0 Å². The molecule has 0 bridgehead atoms. The summed E-state index contributed by atoms with van der Waals surface area (Å²) in [5.41, 5.74) is -0.0491. The smallest absolute Gasteiger partial charge is 0.124 e. The van der Waals surface area contributed by atoms with Crippen LogP contribution in [0.3, 0.4) is 0 Å². The Labute approximate surface area is 111 Å². The van der Waals surface area contributed by atoms with Crippen LogP contribution in [0, 0.1) is 5.82 Å². The Bertz CT molecular complexity index is 511. The van der Waals surface area contributed by atoms with Crippen molar-refractivity contribution in [2.45, 2.75) is 17.4 Å². The molecule has 0 saturated carbocycles. The lowest BCUT2D eigenvalue weighted by atomic mass is 9.99. The number of benzene rings is 2. The first kappa shape index (κ1) is 13.1. The lowest BCUT2D eigenvalue weighted by Crippen LogP contribution is -2.24. The Hall–Kier alpha value is -1.32. The molecule has 2 rings (SSSR count). The highest BCUT2D eigenvalue weighted by molar-refractivity contribution is 7.99. The zero-order valence-electron chi connectivity index (χ0n) is 10.1. The maximum Gasteiger partial charge on any atom is 0.124 e. The minimum Gasteiger partial charge on any atom is -0.385 e. The van der Waals surface area contributed by atoms with Crippen LogP contribution in [0.5, 0.6) is 0 Å². The average molecular weight is 262 g/mol. The molecule has 3 heteroatoms. The maximum absolute atomic E-state index is 13.0. The SMILES string of the molecule is CC(O)(CSc1cccc(F)c1)c1ccccc1. The third-order valence-electron chi connectivity index (χ3n) is 2.71. The molecule has 0 aliphatic rings. The van der Waals surface area contributed by atoms with Crippen molar-refractivity contribution in [1.82, 2.24) is 0 Å². The molecule has 0 aromatic heterocycles. The number of aliphatic hydroxyl groups is 1. The number of rotatable bonds is 4. The second-order valence-electron chi connectivity index (χ2n) is 4.39. The van der Waals surface area contributed by atoms with Crippen molar-refractivity contribution in [3.8, 4) is 0 Å². The monoisotopic (exact) mass is 262 g/mol. The van der Waals surface area contributed by atoms with E-state index in [4.69, 9.17) is 0 Å². The van der Waals surface area contributed by atoms with Gasteiger partial charge in [0.15, 0.2) is 0 Å². The largest absolute Gasteiger partial charge is 0.385 e. The van der Waals surface area contributed by atoms with Gasteiger partial charge in [0.05, 0.1) is 5.60 Å². The second kappa shape index (κ2) is 5.55. The van der Waals surface area contributed by atoms with E-state index in [1.54, 1.807) is 13.0 Å². The summed E-state index contributed by atoms with van der Waals surface area (Å²) in [6.07, 6.45) is 0. The first-order chi connectivity index (χ1) is 8.58. The molecule has 1 atom stereocenters. The molecule has 0 heterocycles. The fraction of sp³-hybridized carbons (Fsp3) is 0.200. The summed E-state index contributed by atoms with van der Waals surface area (Å²) in [6.45, 7) is 1.77. The van der Waals surface area contributed by atoms with E-state index in [9.17, 15) is 9.50 Å². The van der Waals surface area contributed by atoms with Crippen molar-refractivity contribution >= 4 is 11.8 Å². The first-order valence-electron chi connectivity index (χ1n) is 5.74. The van der Waals surface area contributed by atoms with Gasteiger partial charge in [0.2, 0.25) is 0 Å². The van der Waals surface area contributed by atoms with E-state index >= 15 is 0 Å². The molecule has 1 nitrogen and oxygen atoms in total. The lowest BCUT2D eigenvalue weighted by molar-refractivity contribution is 0.0839. The van der Waals surface area contributed by atoms with E-state index < -0.39 is 5.60 Å². The van der Waals surface area contributed by atoms with E-state index in [0.29, 0.717) is 5.75 Å². The zero-order valence-corrected chi connectivity index (χ0v) is 11.0. The third-order valence-corrected chi connectivity index (χ3v) is 4.01. The van der Waals surface area contributed by atoms with Crippen LogP contribution in [-0.4, -0.2) is 10.9 Å². The van der Waals surface area contributed by atoms with Crippen LogP contribution >= 0.6 is 11.8 Å². The van der Waals surface area contributed by atoms with Crippen LogP contribution in [0.4, 0.5) is 4.39 Å². The molecule has 0 aliphatic heterocycles. The van der Waals surface area contributed by atoms with Crippen LogP contribution in [0.25, 0.3) is 0 Å². The summed E-state index contributed by atoms with van der Waals surface area (Å²) in [4.78, 5) is 0.825. The molecular formula is C15H15FOS. The maximum atomic E-state index is 13.0. The number of hydrogen-bond donors (Lipinski definition) is 1. The molecule has 1 unspecified atom stereocenters. The van der Waals surface area contributed by atoms with Crippen molar-refractivity contribution in [1.29, 1.82) is 0 Å². The molecule has 2 aromatic carbocycles. The van der Waals surface area contributed by atoms with Crippen molar-refractivity contribution in [2.24, 2.45) is 0 Å². The van der Waals surface area contributed by atoms with E-state index in [0.717, 1.165) is 10.5 Å². The van der Waals surface area contributed by atoms with Crippen LogP contribution in [0.15, 0.2) is 59.5 Å². The lowest BCUT2D eigenvalue weighted by Gasteiger charge is -2.23. The molecule has 0 spiro atoms. The Morgan fingerprint density at radius 2 is 1.83 bits per heavy atom. The molecular weight excluding hydrogens is 247 g/mol. The summed E-state index contributed by atoms with van der Waals surface area (Å²) in [5, 5.41) is 10.4.